The molecule has 2 N–H and O–H groups in total. The molecule has 0 aromatic heterocycles. The molecule has 0 spiro atoms. The second kappa shape index (κ2) is 5.40. The summed E-state index contributed by atoms with van der Waals surface area (Å²) in [5.74, 6) is -0.153. The van der Waals surface area contributed by atoms with E-state index in [1.807, 2.05) is 0 Å². The molecule has 2 rings (SSSR count). The summed E-state index contributed by atoms with van der Waals surface area (Å²) in [5.41, 5.74) is -0.197. The molecule has 1 heterocycles. The number of methoxy groups -OCH3 is 1. The van der Waals surface area contributed by atoms with Crippen LogP contribution in [0.25, 0.3) is 0 Å². The van der Waals surface area contributed by atoms with E-state index in [9.17, 15) is 9.59 Å². The van der Waals surface area contributed by atoms with Crippen LogP contribution in [0.1, 0.15) is 13.3 Å². The van der Waals surface area contributed by atoms with Gasteiger partial charge in [0.05, 0.1) is 12.5 Å². The van der Waals surface area contributed by atoms with Crippen molar-refractivity contribution in [3.05, 3.63) is 24.3 Å². The SMILES string of the molecule is COc1ccc(NC(=O)N2CCC(C)(C(=O)O)C2)cc1. The van der Waals surface area contributed by atoms with Crippen molar-refractivity contribution < 1.29 is 19.4 Å². The molecule has 1 aliphatic heterocycles. The molecule has 2 amide bonds. The molecule has 20 heavy (non-hydrogen) atoms. The van der Waals surface area contributed by atoms with Crippen LogP contribution in [-0.4, -0.2) is 42.2 Å². The van der Waals surface area contributed by atoms with E-state index in [1.54, 1.807) is 38.3 Å². The number of carbonyl (C=O) groups excluding carboxylic acids is 1. The van der Waals surface area contributed by atoms with Gasteiger partial charge in [0.25, 0.3) is 0 Å². The lowest BCUT2D eigenvalue weighted by molar-refractivity contribution is -0.146. The molecular formula is C14H18N2O4. The van der Waals surface area contributed by atoms with Crippen LogP contribution >= 0.6 is 0 Å². The van der Waals surface area contributed by atoms with Crippen LogP contribution in [0.5, 0.6) is 5.75 Å². The van der Waals surface area contributed by atoms with Gasteiger partial charge in [0.15, 0.2) is 0 Å². The highest BCUT2D eigenvalue weighted by Crippen LogP contribution is 2.30. The molecule has 1 atom stereocenters. The van der Waals surface area contributed by atoms with E-state index in [0.717, 1.165) is 0 Å². The van der Waals surface area contributed by atoms with E-state index in [1.165, 1.54) is 4.90 Å². The standard InChI is InChI=1S/C14H18N2O4/c1-14(12(17)18)7-8-16(9-14)13(19)15-10-3-5-11(20-2)6-4-10/h3-6H,7-9H2,1-2H3,(H,15,19)(H,17,18). The highest BCUT2D eigenvalue weighted by atomic mass is 16.5. The predicted octanol–water partition coefficient (Wildman–Crippen LogP) is 2.02. The molecule has 1 saturated heterocycles. The van der Waals surface area contributed by atoms with Gasteiger partial charge < -0.3 is 20.1 Å². The molecule has 108 valence electrons. The fraction of sp³-hybridized carbons (Fsp3) is 0.429. The summed E-state index contributed by atoms with van der Waals surface area (Å²) >= 11 is 0. The molecule has 0 saturated carbocycles. The average molecular weight is 278 g/mol. The Bertz CT molecular complexity index is 514. The number of likely N-dealkylation sites (tertiary alicyclic amines) is 1. The summed E-state index contributed by atoms with van der Waals surface area (Å²) in [5, 5.41) is 11.9. The predicted molar refractivity (Wildman–Crippen MR) is 73.9 cm³/mol. The monoisotopic (exact) mass is 278 g/mol. The lowest BCUT2D eigenvalue weighted by Crippen LogP contribution is -2.37. The number of amides is 2. The van der Waals surface area contributed by atoms with Crippen LogP contribution in [0.3, 0.4) is 0 Å². The van der Waals surface area contributed by atoms with Crippen molar-refractivity contribution in [1.29, 1.82) is 0 Å². The van der Waals surface area contributed by atoms with Gasteiger partial charge in [0.1, 0.15) is 5.75 Å². The van der Waals surface area contributed by atoms with Crippen molar-refractivity contribution in [2.75, 3.05) is 25.5 Å². The molecule has 1 unspecified atom stereocenters. The van der Waals surface area contributed by atoms with Gasteiger partial charge in [-0.1, -0.05) is 0 Å². The number of carboxylic acid groups (broad SMARTS) is 1. The fourth-order valence-corrected chi connectivity index (χ4v) is 2.19. The zero-order chi connectivity index (χ0) is 14.8. The first-order valence-electron chi connectivity index (χ1n) is 6.38. The number of rotatable bonds is 3. The number of hydrogen-bond acceptors (Lipinski definition) is 3. The van der Waals surface area contributed by atoms with Gasteiger partial charge in [-0.2, -0.15) is 0 Å². The highest BCUT2D eigenvalue weighted by molar-refractivity contribution is 5.90. The topological polar surface area (TPSA) is 78.9 Å². The minimum absolute atomic E-state index is 0.227. The molecule has 0 bridgehead atoms. The number of aliphatic carboxylic acids is 1. The second-order valence-electron chi connectivity index (χ2n) is 5.20. The zero-order valence-electron chi connectivity index (χ0n) is 11.5. The Morgan fingerprint density at radius 2 is 2.00 bits per heavy atom. The maximum absolute atomic E-state index is 12.1. The first-order valence-corrected chi connectivity index (χ1v) is 6.38. The fourth-order valence-electron chi connectivity index (χ4n) is 2.19. The van der Waals surface area contributed by atoms with E-state index >= 15 is 0 Å². The number of carbonyl (C=O) groups is 2. The molecule has 1 aromatic rings. The van der Waals surface area contributed by atoms with Crippen molar-refractivity contribution in [3.63, 3.8) is 0 Å². The van der Waals surface area contributed by atoms with E-state index in [2.05, 4.69) is 5.32 Å². The molecule has 1 fully saturated rings. The van der Waals surface area contributed by atoms with Gasteiger partial charge in [-0.15, -0.1) is 0 Å². The molecule has 6 heteroatoms. The maximum atomic E-state index is 12.1. The van der Waals surface area contributed by atoms with Crippen LogP contribution in [0, 0.1) is 5.41 Å². The van der Waals surface area contributed by atoms with Crippen LogP contribution in [-0.2, 0) is 4.79 Å². The summed E-state index contributed by atoms with van der Waals surface area (Å²) in [7, 11) is 1.57. The Morgan fingerprint density at radius 3 is 2.50 bits per heavy atom. The minimum Gasteiger partial charge on any atom is -0.497 e. The Labute approximate surface area is 117 Å². The Kier molecular flexibility index (Phi) is 3.83. The van der Waals surface area contributed by atoms with E-state index in [0.29, 0.717) is 24.4 Å². The first kappa shape index (κ1) is 14.2. The summed E-state index contributed by atoms with van der Waals surface area (Å²) in [4.78, 5) is 24.7. The Balaban J connectivity index is 1.97. The number of ether oxygens (including phenoxy) is 1. The molecular weight excluding hydrogens is 260 g/mol. The quantitative estimate of drug-likeness (QED) is 0.886. The third-order valence-electron chi connectivity index (χ3n) is 3.62. The average Bonchev–Trinajstić information content (AvgIpc) is 2.84. The van der Waals surface area contributed by atoms with Gasteiger partial charge in [-0.3, -0.25) is 4.79 Å². The number of carboxylic acids is 1. The van der Waals surface area contributed by atoms with Gasteiger partial charge in [-0.05, 0) is 37.6 Å². The molecule has 0 aliphatic carbocycles. The number of urea groups is 1. The van der Waals surface area contributed by atoms with Crippen molar-refractivity contribution in [1.82, 2.24) is 4.90 Å². The third-order valence-corrected chi connectivity index (χ3v) is 3.62. The van der Waals surface area contributed by atoms with E-state index in [4.69, 9.17) is 9.84 Å². The Morgan fingerprint density at radius 1 is 1.35 bits per heavy atom. The van der Waals surface area contributed by atoms with Crippen LogP contribution < -0.4 is 10.1 Å². The van der Waals surface area contributed by atoms with Gasteiger partial charge in [0, 0.05) is 18.8 Å². The van der Waals surface area contributed by atoms with Crippen molar-refractivity contribution >= 4 is 17.7 Å². The summed E-state index contributed by atoms with van der Waals surface area (Å²) in [6.45, 7) is 2.34. The molecule has 1 aromatic carbocycles. The number of anilines is 1. The number of nitrogens with zero attached hydrogens (tertiary/aromatic N) is 1. The lowest BCUT2D eigenvalue weighted by atomic mass is 9.90. The summed E-state index contributed by atoms with van der Waals surface area (Å²) in [6, 6.07) is 6.70. The maximum Gasteiger partial charge on any atom is 0.321 e. The molecule has 1 aliphatic rings. The van der Waals surface area contributed by atoms with Gasteiger partial charge in [0.2, 0.25) is 0 Å². The normalized spacial score (nSPS) is 21.6. The van der Waals surface area contributed by atoms with Crippen molar-refractivity contribution in [3.8, 4) is 5.75 Å². The minimum atomic E-state index is -0.864. The van der Waals surface area contributed by atoms with Crippen LogP contribution in [0.15, 0.2) is 24.3 Å². The van der Waals surface area contributed by atoms with Gasteiger partial charge in [-0.25, -0.2) is 4.79 Å². The first-order chi connectivity index (χ1) is 9.44. The highest BCUT2D eigenvalue weighted by Gasteiger charge is 2.42. The smallest absolute Gasteiger partial charge is 0.321 e. The van der Waals surface area contributed by atoms with Gasteiger partial charge >= 0.3 is 12.0 Å². The van der Waals surface area contributed by atoms with E-state index in [-0.39, 0.29) is 12.6 Å². The largest absolute Gasteiger partial charge is 0.497 e. The third kappa shape index (κ3) is 2.84. The lowest BCUT2D eigenvalue weighted by Gasteiger charge is -2.20. The molecule has 0 radical (unpaired) electrons. The number of hydrogen-bond donors (Lipinski definition) is 2. The van der Waals surface area contributed by atoms with Crippen LogP contribution in [0.2, 0.25) is 0 Å². The van der Waals surface area contributed by atoms with Crippen LogP contribution in [0.4, 0.5) is 10.5 Å². The summed E-state index contributed by atoms with van der Waals surface area (Å²) < 4.78 is 5.04. The zero-order valence-corrected chi connectivity index (χ0v) is 11.5. The van der Waals surface area contributed by atoms with Crippen molar-refractivity contribution in [2.45, 2.75) is 13.3 Å². The van der Waals surface area contributed by atoms with E-state index < -0.39 is 11.4 Å². The molecule has 6 nitrogen and oxygen atoms in total. The van der Waals surface area contributed by atoms with Crippen molar-refractivity contribution in [2.24, 2.45) is 5.41 Å². The Hall–Kier alpha value is -2.24. The second-order valence-corrected chi connectivity index (χ2v) is 5.20. The number of nitrogens with one attached hydrogen (secondary N) is 1. The summed E-state index contributed by atoms with van der Waals surface area (Å²) in [6.07, 6.45) is 0.471. The number of benzene rings is 1.